The number of nitrogens with one attached hydrogen (secondary N) is 1. The molecule has 1 N–H and O–H groups in total. The third-order valence-electron chi connectivity index (χ3n) is 3.40. The van der Waals surface area contributed by atoms with E-state index in [0.29, 0.717) is 18.2 Å². The van der Waals surface area contributed by atoms with Crippen LogP contribution in [-0.2, 0) is 4.74 Å². The Balaban J connectivity index is 2.26. The molecule has 17 heavy (non-hydrogen) atoms. The van der Waals surface area contributed by atoms with E-state index in [-0.39, 0.29) is 0 Å². The molecule has 1 fully saturated rings. The van der Waals surface area contributed by atoms with Crippen LogP contribution in [0.1, 0.15) is 27.2 Å². The normalized spacial score (nSPS) is 24.2. The monoisotopic (exact) mass is 260 g/mol. The quantitative estimate of drug-likeness (QED) is 0.755. The lowest BCUT2D eigenvalue weighted by Crippen LogP contribution is -2.50. The fourth-order valence-electron chi connectivity index (χ4n) is 2.16. The molecule has 1 heterocycles. The molecule has 0 aromatic heterocycles. The van der Waals surface area contributed by atoms with E-state index in [1.165, 1.54) is 12.2 Å². The van der Waals surface area contributed by atoms with Gasteiger partial charge in [-0.1, -0.05) is 6.92 Å². The Labute approximate surface area is 111 Å². The van der Waals surface area contributed by atoms with Gasteiger partial charge in [-0.3, -0.25) is 4.90 Å². The lowest BCUT2D eigenvalue weighted by atomic mass is 10.2. The second-order valence-corrected chi connectivity index (χ2v) is 5.96. The first-order valence-electron chi connectivity index (χ1n) is 6.75. The maximum Gasteiger partial charge on any atom is 0.0826 e. The van der Waals surface area contributed by atoms with Crippen molar-refractivity contribution in [3.8, 4) is 0 Å². The molecular formula is C13H28N2OS. The van der Waals surface area contributed by atoms with Crippen LogP contribution in [0.3, 0.4) is 0 Å². The van der Waals surface area contributed by atoms with Crippen LogP contribution in [0.5, 0.6) is 0 Å². The molecule has 0 spiro atoms. The van der Waals surface area contributed by atoms with Crippen molar-refractivity contribution in [2.24, 2.45) is 0 Å². The average molecular weight is 260 g/mol. The lowest BCUT2D eigenvalue weighted by molar-refractivity contribution is -0.0379. The van der Waals surface area contributed by atoms with E-state index in [1.807, 2.05) is 11.8 Å². The lowest BCUT2D eigenvalue weighted by Gasteiger charge is -2.36. The SMILES string of the molecule is CCC(CSC)NCC1CN(C(C)C)CCO1. The van der Waals surface area contributed by atoms with E-state index in [2.05, 4.69) is 37.2 Å². The molecule has 3 nitrogen and oxygen atoms in total. The van der Waals surface area contributed by atoms with E-state index in [0.717, 1.165) is 26.2 Å². The summed E-state index contributed by atoms with van der Waals surface area (Å²) in [5.74, 6) is 1.19. The standard InChI is InChI=1S/C13H28N2OS/c1-5-12(10-17-4)14-8-13-9-15(11(2)3)6-7-16-13/h11-14H,5-10H2,1-4H3. The van der Waals surface area contributed by atoms with E-state index in [4.69, 9.17) is 4.74 Å². The van der Waals surface area contributed by atoms with Gasteiger partial charge in [-0.05, 0) is 26.5 Å². The zero-order valence-electron chi connectivity index (χ0n) is 11.7. The van der Waals surface area contributed by atoms with Gasteiger partial charge in [0.05, 0.1) is 12.7 Å². The Morgan fingerprint density at radius 3 is 2.82 bits per heavy atom. The second-order valence-electron chi connectivity index (χ2n) is 5.05. The maximum atomic E-state index is 5.82. The second kappa shape index (κ2) is 8.35. The van der Waals surface area contributed by atoms with Crippen LogP contribution < -0.4 is 5.32 Å². The highest BCUT2D eigenvalue weighted by Gasteiger charge is 2.22. The van der Waals surface area contributed by atoms with Crippen LogP contribution in [0.15, 0.2) is 0 Å². The molecule has 0 saturated carbocycles. The van der Waals surface area contributed by atoms with Crippen molar-refractivity contribution in [2.75, 3.05) is 38.2 Å². The smallest absolute Gasteiger partial charge is 0.0826 e. The van der Waals surface area contributed by atoms with Gasteiger partial charge in [0.15, 0.2) is 0 Å². The van der Waals surface area contributed by atoms with Gasteiger partial charge in [0.1, 0.15) is 0 Å². The Morgan fingerprint density at radius 2 is 2.24 bits per heavy atom. The molecule has 2 atom stereocenters. The first kappa shape index (κ1) is 15.3. The number of hydrogen-bond donors (Lipinski definition) is 1. The first-order chi connectivity index (χ1) is 8.17. The summed E-state index contributed by atoms with van der Waals surface area (Å²) in [6.07, 6.45) is 3.73. The van der Waals surface area contributed by atoms with Crippen molar-refractivity contribution in [1.82, 2.24) is 10.2 Å². The minimum Gasteiger partial charge on any atom is -0.374 e. The molecule has 0 aromatic carbocycles. The Hall–Kier alpha value is 0.230. The zero-order chi connectivity index (χ0) is 12.7. The van der Waals surface area contributed by atoms with Crippen molar-refractivity contribution < 1.29 is 4.74 Å². The van der Waals surface area contributed by atoms with Crippen LogP contribution in [-0.4, -0.2) is 61.3 Å². The summed E-state index contributed by atoms with van der Waals surface area (Å²) in [4.78, 5) is 2.51. The van der Waals surface area contributed by atoms with Crippen LogP contribution in [0, 0.1) is 0 Å². The number of morpholine rings is 1. The molecule has 0 bridgehead atoms. The maximum absolute atomic E-state index is 5.82. The minimum absolute atomic E-state index is 0.363. The van der Waals surface area contributed by atoms with Crippen LogP contribution in [0.4, 0.5) is 0 Å². The molecule has 0 amide bonds. The first-order valence-corrected chi connectivity index (χ1v) is 8.14. The summed E-state index contributed by atoms with van der Waals surface area (Å²) in [7, 11) is 0. The fourth-order valence-corrected chi connectivity index (χ4v) is 2.91. The van der Waals surface area contributed by atoms with Gasteiger partial charge in [-0.15, -0.1) is 0 Å². The van der Waals surface area contributed by atoms with E-state index in [9.17, 15) is 0 Å². The molecule has 1 aliphatic heterocycles. The number of thioether (sulfide) groups is 1. The predicted molar refractivity (Wildman–Crippen MR) is 76.9 cm³/mol. The van der Waals surface area contributed by atoms with Crippen molar-refractivity contribution in [3.63, 3.8) is 0 Å². The van der Waals surface area contributed by atoms with Crippen molar-refractivity contribution in [1.29, 1.82) is 0 Å². The van der Waals surface area contributed by atoms with E-state index >= 15 is 0 Å². The van der Waals surface area contributed by atoms with Crippen LogP contribution in [0.25, 0.3) is 0 Å². The molecule has 2 unspecified atom stereocenters. The average Bonchev–Trinajstić information content (AvgIpc) is 2.34. The molecule has 0 radical (unpaired) electrons. The van der Waals surface area contributed by atoms with Gasteiger partial charge in [0.25, 0.3) is 0 Å². The van der Waals surface area contributed by atoms with Gasteiger partial charge in [0, 0.05) is 37.5 Å². The van der Waals surface area contributed by atoms with Gasteiger partial charge in [-0.25, -0.2) is 0 Å². The summed E-state index contributed by atoms with van der Waals surface area (Å²) in [6, 6.07) is 1.26. The van der Waals surface area contributed by atoms with Crippen molar-refractivity contribution in [2.45, 2.75) is 45.4 Å². The van der Waals surface area contributed by atoms with Gasteiger partial charge in [0.2, 0.25) is 0 Å². The highest BCUT2D eigenvalue weighted by Crippen LogP contribution is 2.09. The Morgan fingerprint density at radius 1 is 1.47 bits per heavy atom. The third kappa shape index (κ3) is 5.60. The Kier molecular flexibility index (Phi) is 7.51. The molecule has 1 saturated heterocycles. The summed E-state index contributed by atoms with van der Waals surface area (Å²) in [5.41, 5.74) is 0. The molecular weight excluding hydrogens is 232 g/mol. The number of hydrogen-bond acceptors (Lipinski definition) is 4. The van der Waals surface area contributed by atoms with Gasteiger partial charge in [-0.2, -0.15) is 11.8 Å². The zero-order valence-corrected chi connectivity index (χ0v) is 12.6. The summed E-state index contributed by atoms with van der Waals surface area (Å²) >= 11 is 1.91. The highest BCUT2D eigenvalue weighted by atomic mass is 32.2. The molecule has 0 aromatic rings. The van der Waals surface area contributed by atoms with Crippen LogP contribution in [0.2, 0.25) is 0 Å². The summed E-state index contributed by atoms with van der Waals surface area (Å²) < 4.78 is 5.82. The largest absolute Gasteiger partial charge is 0.374 e. The van der Waals surface area contributed by atoms with Gasteiger partial charge >= 0.3 is 0 Å². The molecule has 0 aliphatic carbocycles. The van der Waals surface area contributed by atoms with E-state index in [1.54, 1.807) is 0 Å². The van der Waals surface area contributed by atoms with Gasteiger partial charge < -0.3 is 10.1 Å². The molecule has 4 heteroatoms. The fraction of sp³-hybridized carbons (Fsp3) is 1.00. The van der Waals surface area contributed by atoms with Crippen LogP contribution >= 0.6 is 11.8 Å². The Bertz CT molecular complexity index is 202. The highest BCUT2D eigenvalue weighted by molar-refractivity contribution is 7.98. The topological polar surface area (TPSA) is 24.5 Å². The minimum atomic E-state index is 0.363. The van der Waals surface area contributed by atoms with E-state index < -0.39 is 0 Å². The van der Waals surface area contributed by atoms with Crippen molar-refractivity contribution in [3.05, 3.63) is 0 Å². The summed E-state index contributed by atoms with van der Waals surface area (Å²) in [5, 5.41) is 3.63. The molecule has 1 rings (SSSR count). The van der Waals surface area contributed by atoms with Crippen molar-refractivity contribution >= 4 is 11.8 Å². The number of rotatable bonds is 7. The number of nitrogens with zero attached hydrogens (tertiary/aromatic N) is 1. The number of ether oxygens (including phenoxy) is 1. The predicted octanol–water partition coefficient (Wildman–Crippen LogP) is 1.83. The summed E-state index contributed by atoms with van der Waals surface area (Å²) in [6.45, 7) is 10.8. The molecule has 1 aliphatic rings. The third-order valence-corrected chi connectivity index (χ3v) is 4.13. The molecule has 102 valence electrons.